The number of carboxylic acids is 1. The third kappa shape index (κ3) is 3.33. The highest BCUT2D eigenvalue weighted by Crippen LogP contribution is 2.22. The summed E-state index contributed by atoms with van der Waals surface area (Å²) in [7, 11) is 0. The first kappa shape index (κ1) is 13.1. The Morgan fingerprint density at radius 2 is 1.47 bits per heavy atom. The molecule has 0 aliphatic rings. The van der Waals surface area contributed by atoms with Gasteiger partial charge in [-0.1, -0.05) is 48.5 Å². The van der Waals surface area contributed by atoms with E-state index in [-0.39, 0.29) is 0 Å². The fourth-order valence-electron chi connectivity index (χ4n) is 1.86. The largest absolute Gasteiger partial charge is 0.479 e. The van der Waals surface area contributed by atoms with Crippen LogP contribution in [0.15, 0.2) is 60.7 Å². The Morgan fingerprint density at radius 3 is 2.00 bits per heavy atom. The molecule has 2 atom stereocenters. The molecule has 0 aromatic heterocycles. The number of hydrogen-bond donors (Lipinski definition) is 3. The van der Waals surface area contributed by atoms with Crippen LogP contribution < -0.4 is 5.32 Å². The second-order valence-electron chi connectivity index (χ2n) is 4.18. The van der Waals surface area contributed by atoms with Crippen molar-refractivity contribution in [3.63, 3.8) is 0 Å². The van der Waals surface area contributed by atoms with Gasteiger partial charge in [0.15, 0.2) is 6.10 Å². The Kier molecular flexibility index (Phi) is 4.15. The van der Waals surface area contributed by atoms with Crippen molar-refractivity contribution in [2.75, 3.05) is 5.32 Å². The standard InChI is InChI=1S/C15H15NO3/c17-14(15(18)19)13(11-7-3-1-4-8-11)16-12-9-5-2-6-10-12/h1-10,13-14,16-17H,(H,18,19). The van der Waals surface area contributed by atoms with Crippen LogP contribution in [0.3, 0.4) is 0 Å². The van der Waals surface area contributed by atoms with E-state index in [9.17, 15) is 9.90 Å². The van der Waals surface area contributed by atoms with Gasteiger partial charge < -0.3 is 15.5 Å². The summed E-state index contributed by atoms with van der Waals surface area (Å²) in [6, 6.07) is 17.5. The summed E-state index contributed by atoms with van der Waals surface area (Å²) in [6.07, 6.45) is -1.51. The van der Waals surface area contributed by atoms with Gasteiger partial charge in [0, 0.05) is 5.69 Å². The van der Waals surface area contributed by atoms with E-state index in [1.165, 1.54) is 0 Å². The molecule has 2 aromatic rings. The maximum atomic E-state index is 11.0. The van der Waals surface area contributed by atoms with Crippen LogP contribution in [0.1, 0.15) is 11.6 Å². The number of nitrogens with one attached hydrogen (secondary N) is 1. The lowest BCUT2D eigenvalue weighted by molar-refractivity contribution is -0.147. The average Bonchev–Trinajstić information content (AvgIpc) is 2.46. The van der Waals surface area contributed by atoms with Crippen molar-refractivity contribution in [2.24, 2.45) is 0 Å². The number of para-hydroxylation sites is 1. The zero-order valence-electron chi connectivity index (χ0n) is 10.2. The SMILES string of the molecule is O=C(O)C(O)C(Nc1ccccc1)c1ccccc1. The number of benzene rings is 2. The summed E-state index contributed by atoms with van der Waals surface area (Å²) in [4.78, 5) is 11.0. The predicted octanol–water partition coefficient (Wildman–Crippen LogP) is 2.29. The molecule has 19 heavy (non-hydrogen) atoms. The number of aliphatic hydroxyl groups is 1. The summed E-state index contributed by atoms with van der Waals surface area (Å²) in [5.41, 5.74) is 1.48. The lowest BCUT2D eigenvalue weighted by Gasteiger charge is -2.23. The van der Waals surface area contributed by atoms with E-state index in [0.717, 1.165) is 11.3 Å². The molecule has 2 aromatic carbocycles. The molecule has 4 heteroatoms. The van der Waals surface area contributed by atoms with Crippen molar-refractivity contribution < 1.29 is 15.0 Å². The van der Waals surface area contributed by atoms with E-state index in [1.54, 1.807) is 12.1 Å². The van der Waals surface area contributed by atoms with Crippen molar-refractivity contribution in [1.29, 1.82) is 0 Å². The van der Waals surface area contributed by atoms with Gasteiger partial charge in [-0.3, -0.25) is 0 Å². The zero-order valence-corrected chi connectivity index (χ0v) is 10.2. The number of rotatable bonds is 5. The zero-order chi connectivity index (χ0) is 13.7. The lowest BCUT2D eigenvalue weighted by atomic mass is 10.0. The van der Waals surface area contributed by atoms with Crippen molar-refractivity contribution in [3.05, 3.63) is 66.2 Å². The summed E-state index contributed by atoms with van der Waals surface area (Å²) >= 11 is 0. The van der Waals surface area contributed by atoms with Crippen LogP contribution in [-0.4, -0.2) is 22.3 Å². The van der Waals surface area contributed by atoms with Crippen LogP contribution in [0.4, 0.5) is 5.69 Å². The molecular formula is C15H15NO3. The quantitative estimate of drug-likeness (QED) is 0.768. The summed E-state index contributed by atoms with van der Waals surface area (Å²) in [5, 5.41) is 21.9. The van der Waals surface area contributed by atoms with Gasteiger partial charge >= 0.3 is 5.97 Å². The highest BCUT2D eigenvalue weighted by atomic mass is 16.4. The molecule has 0 saturated heterocycles. The van der Waals surface area contributed by atoms with E-state index < -0.39 is 18.1 Å². The number of aliphatic carboxylic acids is 1. The van der Waals surface area contributed by atoms with Gasteiger partial charge in [0.1, 0.15) is 0 Å². The molecule has 0 bridgehead atoms. The summed E-state index contributed by atoms with van der Waals surface area (Å²) in [5.74, 6) is -1.25. The highest BCUT2D eigenvalue weighted by molar-refractivity contribution is 5.74. The molecule has 4 nitrogen and oxygen atoms in total. The number of carbonyl (C=O) groups is 1. The molecule has 2 rings (SSSR count). The molecule has 0 aliphatic carbocycles. The maximum Gasteiger partial charge on any atom is 0.335 e. The first-order valence-corrected chi connectivity index (χ1v) is 5.96. The topological polar surface area (TPSA) is 69.6 Å². The van der Waals surface area contributed by atoms with Gasteiger partial charge in [0.05, 0.1) is 6.04 Å². The van der Waals surface area contributed by atoms with E-state index in [4.69, 9.17) is 5.11 Å². The number of carboxylic acid groups (broad SMARTS) is 1. The van der Waals surface area contributed by atoms with Gasteiger partial charge in [-0.2, -0.15) is 0 Å². The van der Waals surface area contributed by atoms with Crippen molar-refractivity contribution in [1.82, 2.24) is 0 Å². The molecule has 0 amide bonds. The van der Waals surface area contributed by atoms with E-state index in [2.05, 4.69) is 5.32 Å². The smallest absolute Gasteiger partial charge is 0.335 e. The van der Waals surface area contributed by atoms with Crippen LogP contribution in [0.2, 0.25) is 0 Å². The number of aliphatic hydroxyl groups excluding tert-OH is 1. The Bertz CT molecular complexity index is 528. The van der Waals surface area contributed by atoms with Crippen LogP contribution in [0, 0.1) is 0 Å². The van der Waals surface area contributed by atoms with Crippen LogP contribution in [0.5, 0.6) is 0 Å². The molecule has 3 N–H and O–H groups in total. The van der Waals surface area contributed by atoms with Gasteiger partial charge in [-0.15, -0.1) is 0 Å². The van der Waals surface area contributed by atoms with Gasteiger partial charge in [0.25, 0.3) is 0 Å². The van der Waals surface area contributed by atoms with E-state index >= 15 is 0 Å². The van der Waals surface area contributed by atoms with Gasteiger partial charge in [-0.05, 0) is 17.7 Å². The third-order valence-corrected chi connectivity index (χ3v) is 2.82. The van der Waals surface area contributed by atoms with Gasteiger partial charge in [-0.25, -0.2) is 4.79 Å². The molecule has 0 fully saturated rings. The van der Waals surface area contributed by atoms with E-state index in [0.29, 0.717) is 0 Å². The molecule has 98 valence electrons. The second-order valence-corrected chi connectivity index (χ2v) is 4.18. The van der Waals surface area contributed by atoms with E-state index in [1.807, 2.05) is 48.5 Å². The fourth-order valence-corrected chi connectivity index (χ4v) is 1.86. The van der Waals surface area contributed by atoms with Crippen LogP contribution in [0.25, 0.3) is 0 Å². The fraction of sp³-hybridized carbons (Fsp3) is 0.133. The minimum Gasteiger partial charge on any atom is -0.479 e. The van der Waals surface area contributed by atoms with Crippen LogP contribution >= 0.6 is 0 Å². The first-order valence-electron chi connectivity index (χ1n) is 5.96. The molecule has 0 heterocycles. The minimum absolute atomic E-state index is 0.693. The predicted molar refractivity (Wildman–Crippen MR) is 72.9 cm³/mol. The minimum atomic E-state index is -1.51. The van der Waals surface area contributed by atoms with Gasteiger partial charge in [0.2, 0.25) is 0 Å². The first-order chi connectivity index (χ1) is 9.18. The number of anilines is 1. The number of hydrogen-bond acceptors (Lipinski definition) is 3. The van der Waals surface area contributed by atoms with Crippen molar-refractivity contribution in [2.45, 2.75) is 12.1 Å². The molecular weight excluding hydrogens is 242 g/mol. The third-order valence-electron chi connectivity index (χ3n) is 2.82. The summed E-state index contributed by atoms with van der Waals surface area (Å²) < 4.78 is 0. The lowest BCUT2D eigenvalue weighted by Crippen LogP contribution is -2.32. The van der Waals surface area contributed by atoms with Crippen molar-refractivity contribution >= 4 is 11.7 Å². The van der Waals surface area contributed by atoms with Crippen LogP contribution in [-0.2, 0) is 4.79 Å². The molecule has 0 radical (unpaired) electrons. The monoisotopic (exact) mass is 257 g/mol. The molecule has 2 unspecified atom stereocenters. The summed E-state index contributed by atoms with van der Waals surface area (Å²) in [6.45, 7) is 0. The normalized spacial score (nSPS) is 13.5. The maximum absolute atomic E-state index is 11.0. The Labute approximate surface area is 111 Å². The molecule has 0 spiro atoms. The molecule has 0 aliphatic heterocycles. The van der Waals surface area contributed by atoms with Crippen molar-refractivity contribution in [3.8, 4) is 0 Å². The molecule has 0 saturated carbocycles. The Morgan fingerprint density at radius 1 is 0.947 bits per heavy atom. The second kappa shape index (κ2) is 6.02. The average molecular weight is 257 g/mol. The highest BCUT2D eigenvalue weighted by Gasteiger charge is 2.27. The Hall–Kier alpha value is -2.33. The Balaban J connectivity index is 2.27.